The molecule has 0 aliphatic heterocycles. The van der Waals surface area contributed by atoms with Gasteiger partial charge in [-0.25, -0.2) is 0 Å². The molecule has 0 spiro atoms. The Balaban J connectivity index is 3.29. The van der Waals surface area contributed by atoms with Crippen LogP contribution in [-0.2, 0) is 7.05 Å². The number of aryl methyl sites for hydroxylation is 1. The second kappa shape index (κ2) is 1.76. The highest BCUT2D eigenvalue weighted by molar-refractivity contribution is 5.40. The van der Waals surface area contributed by atoms with E-state index in [-0.39, 0.29) is 0 Å². The molecule has 0 aliphatic rings. The SMILES string of the molecule is Cc1c(N)nn(C)c1C. The van der Waals surface area contributed by atoms with E-state index in [1.807, 2.05) is 20.9 Å². The number of aromatic nitrogens is 2. The Morgan fingerprint density at radius 3 is 2.11 bits per heavy atom. The highest BCUT2D eigenvalue weighted by Crippen LogP contribution is 2.11. The molecule has 1 heterocycles. The second-order valence-electron chi connectivity index (χ2n) is 2.22. The van der Waals surface area contributed by atoms with Crippen molar-refractivity contribution in [3.8, 4) is 0 Å². The first kappa shape index (κ1) is 6.13. The van der Waals surface area contributed by atoms with Gasteiger partial charge in [-0.2, -0.15) is 5.10 Å². The van der Waals surface area contributed by atoms with Crippen LogP contribution in [-0.4, -0.2) is 9.78 Å². The Labute approximate surface area is 54.5 Å². The van der Waals surface area contributed by atoms with Crippen molar-refractivity contribution < 1.29 is 0 Å². The topological polar surface area (TPSA) is 43.8 Å². The van der Waals surface area contributed by atoms with Crippen molar-refractivity contribution in [2.45, 2.75) is 13.8 Å². The Morgan fingerprint density at radius 1 is 1.44 bits per heavy atom. The van der Waals surface area contributed by atoms with Crippen molar-refractivity contribution in [2.24, 2.45) is 7.05 Å². The van der Waals surface area contributed by atoms with E-state index in [1.54, 1.807) is 4.68 Å². The number of anilines is 1. The lowest BCUT2D eigenvalue weighted by Crippen LogP contribution is -1.93. The normalized spacial score (nSPS) is 10.1. The van der Waals surface area contributed by atoms with Crippen molar-refractivity contribution in [3.63, 3.8) is 0 Å². The fourth-order valence-electron chi connectivity index (χ4n) is 0.740. The van der Waals surface area contributed by atoms with E-state index in [0.717, 1.165) is 11.3 Å². The molecule has 0 saturated carbocycles. The van der Waals surface area contributed by atoms with Crippen LogP contribution in [0.1, 0.15) is 11.3 Å². The molecule has 0 fully saturated rings. The summed E-state index contributed by atoms with van der Waals surface area (Å²) in [4.78, 5) is 0. The fourth-order valence-corrected chi connectivity index (χ4v) is 0.740. The minimum absolute atomic E-state index is 0.634. The third kappa shape index (κ3) is 0.781. The van der Waals surface area contributed by atoms with Gasteiger partial charge in [0.05, 0.1) is 0 Å². The molecular weight excluding hydrogens is 114 g/mol. The quantitative estimate of drug-likeness (QED) is 0.552. The lowest BCUT2D eigenvalue weighted by atomic mass is 10.3. The zero-order valence-electron chi connectivity index (χ0n) is 5.97. The third-order valence-corrected chi connectivity index (χ3v) is 1.67. The first-order valence-electron chi connectivity index (χ1n) is 2.88. The first-order chi connectivity index (χ1) is 4.13. The zero-order valence-corrected chi connectivity index (χ0v) is 5.97. The Bertz CT molecular complexity index is 202. The number of rotatable bonds is 0. The molecule has 0 saturated heterocycles. The molecule has 50 valence electrons. The van der Waals surface area contributed by atoms with Gasteiger partial charge in [0.15, 0.2) is 0 Å². The Morgan fingerprint density at radius 2 is 2.00 bits per heavy atom. The summed E-state index contributed by atoms with van der Waals surface area (Å²) in [5.74, 6) is 0.634. The van der Waals surface area contributed by atoms with Gasteiger partial charge in [0.25, 0.3) is 0 Å². The minimum atomic E-state index is 0.634. The molecule has 0 amide bonds. The number of hydrogen-bond acceptors (Lipinski definition) is 2. The van der Waals surface area contributed by atoms with E-state index in [0.29, 0.717) is 5.82 Å². The summed E-state index contributed by atoms with van der Waals surface area (Å²) in [6.45, 7) is 3.97. The van der Waals surface area contributed by atoms with E-state index < -0.39 is 0 Å². The van der Waals surface area contributed by atoms with Crippen molar-refractivity contribution in [1.29, 1.82) is 0 Å². The molecule has 9 heavy (non-hydrogen) atoms. The van der Waals surface area contributed by atoms with Gasteiger partial charge in [-0.05, 0) is 13.8 Å². The van der Waals surface area contributed by atoms with Crippen molar-refractivity contribution in [2.75, 3.05) is 5.73 Å². The van der Waals surface area contributed by atoms with E-state index >= 15 is 0 Å². The van der Waals surface area contributed by atoms with Gasteiger partial charge in [0.1, 0.15) is 5.82 Å². The maximum absolute atomic E-state index is 5.51. The van der Waals surface area contributed by atoms with Gasteiger partial charge < -0.3 is 5.73 Å². The van der Waals surface area contributed by atoms with Crippen LogP contribution in [0.15, 0.2) is 0 Å². The first-order valence-corrected chi connectivity index (χ1v) is 2.88. The molecule has 0 bridgehead atoms. The van der Waals surface area contributed by atoms with Crippen LogP contribution in [0.4, 0.5) is 5.82 Å². The fraction of sp³-hybridized carbons (Fsp3) is 0.500. The van der Waals surface area contributed by atoms with Crippen molar-refractivity contribution in [3.05, 3.63) is 11.3 Å². The molecule has 1 rings (SSSR count). The van der Waals surface area contributed by atoms with Gasteiger partial charge in [-0.15, -0.1) is 0 Å². The van der Waals surface area contributed by atoms with Crippen LogP contribution < -0.4 is 5.73 Å². The van der Waals surface area contributed by atoms with Crippen molar-refractivity contribution in [1.82, 2.24) is 9.78 Å². The summed E-state index contributed by atoms with van der Waals surface area (Å²) in [5.41, 5.74) is 7.72. The molecule has 0 aromatic carbocycles. The standard InChI is InChI=1S/C6H11N3/c1-4-5(2)9(3)8-6(4)7/h1-3H3,(H2,7,8). The zero-order chi connectivity index (χ0) is 7.02. The van der Waals surface area contributed by atoms with Crippen LogP contribution in [0.5, 0.6) is 0 Å². The molecule has 0 unspecified atom stereocenters. The van der Waals surface area contributed by atoms with E-state index in [2.05, 4.69) is 5.10 Å². The largest absolute Gasteiger partial charge is 0.382 e. The monoisotopic (exact) mass is 125 g/mol. The Kier molecular flexibility index (Phi) is 1.20. The van der Waals surface area contributed by atoms with Gasteiger partial charge >= 0.3 is 0 Å². The average molecular weight is 125 g/mol. The van der Waals surface area contributed by atoms with Gasteiger partial charge in [-0.3, -0.25) is 4.68 Å². The minimum Gasteiger partial charge on any atom is -0.382 e. The molecule has 3 nitrogen and oxygen atoms in total. The maximum atomic E-state index is 5.51. The molecule has 0 aliphatic carbocycles. The summed E-state index contributed by atoms with van der Waals surface area (Å²) in [7, 11) is 1.89. The molecule has 2 N–H and O–H groups in total. The molecule has 0 radical (unpaired) electrons. The summed E-state index contributed by atoms with van der Waals surface area (Å²) in [6.07, 6.45) is 0. The number of hydrogen-bond donors (Lipinski definition) is 1. The molecular formula is C6H11N3. The van der Waals surface area contributed by atoms with Crippen LogP contribution >= 0.6 is 0 Å². The van der Waals surface area contributed by atoms with E-state index in [4.69, 9.17) is 5.73 Å². The van der Waals surface area contributed by atoms with Crippen LogP contribution in [0, 0.1) is 13.8 Å². The van der Waals surface area contributed by atoms with Crippen molar-refractivity contribution >= 4 is 5.82 Å². The van der Waals surface area contributed by atoms with E-state index in [1.165, 1.54) is 0 Å². The summed E-state index contributed by atoms with van der Waals surface area (Å²) in [6, 6.07) is 0. The number of nitrogen functional groups attached to an aromatic ring is 1. The Hall–Kier alpha value is -0.990. The smallest absolute Gasteiger partial charge is 0.148 e. The molecule has 1 aromatic heterocycles. The second-order valence-corrected chi connectivity index (χ2v) is 2.22. The van der Waals surface area contributed by atoms with Gasteiger partial charge in [0.2, 0.25) is 0 Å². The van der Waals surface area contributed by atoms with Crippen LogP contribution in [0.25, 0.3) is 0 Å². The molecule has 3 heteroatoms. The molecule has 0 atom stereocenters. The average Bonchev–Trinajstić information content (AvgIpc) is 1.98. The predicted octanol–water partition coefficient (Wildman–Crippen LogP) is 0.619. The van der Waals surface area contributed by atoms with Crippen LogP contribution in [0.2, 0.25) is 0 Å². The number of nitrogens with zero attached hydrogens (tertiary/aromatic N) is 2. The highest BCUT2D eigenvalue weighted by Gasteiger charge is 2.02. The highest BCUT2D eigenvalue weighted by atomic mass is 15.3. The molecule has 1 aromatic rings. The van der Waals surface area contributed by atoms with Gasteiger partial charge in [0, 0.05) is 18.3 Å². The lowest BCUT2D eigenvalue weighted by Gasteiger charge is -1.90. The number of nitrogens with two attached hydrogens (primary N) is 1. The van der Waals surface area contributed by atoms with Crippen LogP contribution in [0.3, 0.4) is 0 Å². The van der Waals surface area contributed by atoms with Gasteiger partial charge in [-0.1, -0.05) is 0 Å². The summed E-state index contributed by atoms with van der Waals surface area (Å²) >= 11 is 0. The van der Waals surface area contributed by atoms with E-state index in [9.17, 15) is 0 Å². The third-order valence-electron chi connectivity index (χ3n) is 1.67. The maximum Gasteiger partial charge on any atom is 0.148 e. The lowest BCUT2D eigenvalue weighted by molar-refractivity contribution is 0.742. The summed E-state index contributed by atoms with van der Waals surface area (Å²) < 4.78 is 1.78. The predicted molar refractivity (Wildman–Crippen MR) is 37.1 cm³/mol. The summed E-state index contributed by atoms with van der Waals surface area (Å²) in [5, 5.41) is 4.00.